The number of anilines is 1. The molecule has 8 nitrogen and oxygen atoms in total. The van der Waals surface area contributed by atoms with Crippen LogP contribution in [0.1, 0.15) is 54.9 Å². The van der Waals surface area contributed by atoms with E-state index in [0.717, 1.165) is 39.4 Å². The number of benzene rings is 2. The number of ether oxygens (including phenoxy) is 2. The van der Waals surface area contributed by atoms with Gasteiger partial charge >= 0.3 is 12.1 Å². The minimum Gasteiger partial charge on any atom is -0.497 e. The zero-order valence-corrected chi connectivity index (χ0v) is 23.3. The first kappa shape index (κ1) is 25.9. The lowest BCUT2D eigenvalue weighted by molar-refractivity contribution is 0.106. The number of allylic oxidation sites excluding steroid dienone is 1. The fourth-order valence-electron chi connectivity index (χ4n) is 6.41. The van der Waals surface area contributed by atoms with Gasteiger partial charge in [-0.1, -0.05) is 25.1 Å². The van der Waals surface area contributed by atoms with Crippen LogP contribution in [-0.4, -0.2) is 66.2 Å². The van der Waals surface area contributed by atoms with E-state index in [1.54, 1.807) is 14.2 Å². The highest BCUT2D eigenvalue weighted by Crippen LogP contribution is 2.49. The second-order valence-electron chi connectivity index (χ2n) is 10.6. The molecule has 0 aliphatic carbocycles. The number of rotatable bonds is 4. The zero-order valence-electron chi connectivity index (χ0n) is 23.3. The largest absolute Gasteiger partial charge is 0.497 e. The monoisotopic (exact) mass is 518 g/mol. The van der Waals surface area contributed by atoms with E-state index in [2.05, 4.69) is 18.3 Å². The number of nitrogens with one attached hydrogen (secondary N) is 1. The lowest BCUT2D eigenvalue weighted by atomic mass is 9.82. The van der Waals surface area contributed by atoms with Crippen LogP contribution in [0.15, 0.2) is 42.1 Å². The molecule has 0 saturated carbocycles. The van der Waals surface area contributed by atoms with Gasteiger partial charge in [0, 0.05) is 48.6 Å². The molecule has 3 heterocycles. The van der Waals surface area contributed by atoms with Crippen molar-refractivity contribution < 1.29 is 19.1 Å². The molecule has 0 radical (unpaired) electrons. The standard InChI is InChI=1S/C30H38N4O4/c1-7-34-29(36)33-18-22-16-23(37-5)17-25(38-6)27(22)21(4)15-26(33)30(34)10-12-32(13-11-30)28(35)31-24-14-19(2)8-9-20(24)3/h8-9,14-17,21H,7,10-13,18H2,1-6H3,(H,31,35). The maximum atomic E-state index is 13.8. The molecule has 2 aromatic carbocycles. The second kappa shape index (κ2) is 9.89. The summed E-state index contributed by atoms with van der Waals surface area (Å²) in [7, 11) is 3.31. The van der Waals surface area contributed by atoms with Crippen molar-refractivity contribution in [2.24, 2.45) is 0 Å². The third-order valence-corrected chi connectivity index (χ3v) is 8.42. The van der Waals surface area contributed by atoms with Crippen LogP contribution in [0.2, 0.25) is 0 Å². The first-order chi connectivity index (χ1) is 18.2. The van der Waals surface area contributed by atoms with Gasteiger partial charge in [0.1, 0.15) is 11.5 Å². The Morgan fingerprint density at radius 1 is 1.11 bits per heavy atom. The second-order valence-corrected chi connectivity index (χ2v) is 10.6. The van der Waals surface area contributed by atoms with E-state index in [-0.39, 0.29) is 18.0 Å². The molecule has 5 rings (SSSR count). The zero-order chi connectivity index (χ0) is 27.2. The summed E-state index contributed by atoms with van der Waals surface area (Å²) in [5, 5.41) is 3.10. The molecular formula is C30H38N4O4. The molecule has 0 bridgehead atoms. The molecular weight excluding hydrogens is 480 g/mol. The molecule has 1 N–H and O–H groups in total. The summed E-state index contributed by atoms with van der Waals surface area (Å²) in [5.41, 5.74) is 5.72. The van der Waals surface area contributed by atoms with Gasteiger partial charge in [0.15, 0.2) is 0 Å². The van der Waals surface area contributed by atoms with E-state index < -0.39 is 5.54 Å². The van der Waals surface area contributed by atoms with Gasteiger partial charge in [-0.05, 0) is 62.4 Å². The number of likely N-dealkylation sites (N-methyl/N-ethyl adjacent to an activating group) is 1. The van der Waals surface area contributed by atoms with Crippen LogP contribution in [0, 0.1) is 13.8 Å². The molecule has 4 amide bonds. The Morgan fingerprint density at radius 2 is 1.84 bits per heavy atom. The highest BCUT2D eigenvalue weighted by molar-refractivity contribution is 5.90. The predicted octanol–water partition coefficient (Wildman–Crippen LogP) is 5.65. The number of piperidine rings is 1. The van der Waals surface area contributed by atoms with E-state index in [1.165, 1.54) is 0 Å². The van der Waals surface area contributed by atoms with Gasteiger partial charge in [-0.15, -0.1) is 0 Å². The minimum atomic E-state index is -0.435. The van der Waals surface area contributed by atoms with Gasteiger partial charge in [0.25, 0.3) is 0 Å². The normalized spacial score (nSPS) is 20.1. The van der Waals surface area contributed by atoms with E-state index >= 15 is 0 Å². The van der Waals surface area contributed by atoms with Crippen LogP contribution in [-0.2, 0) is 6.54 Å². The van der Waals surface area contributed by atoms with Crippen molar-refractivity contribution in [3.63, 3.8) is 0 Å². The van der Waals surface area contributed by atoms with E-state index in [9.17, 15) is 9.59 Å². The minimum absolute atomic E-state index is 0.0221. The topological polar surface area (TPSA) is 74.4 Å². The first-order valence-corrected chi connectivity index (χ1v) is 13.4. The maximum Gasteiger partial charge on any atom is 0.325 e. The van der Waals surface area contributed by atoms with Crippen LogP contribution in [0.3, 0.4) is 0 Å². The average Bonchev–Trinajstić information content (AvgIpc) is 3.01. The first-order valence-electron chi connectivity index (χ1n) is 13.4. The number of carbonyl (C=O) groups is 2. The maximum absolute atomic E-state index is 13.8. The van der Waals surface area contributed by atoms with Crippen LogP contribution in [0.4, 0.5) is 15.3 Å². The number of carbonyl (C=O) groups excluding carboxylic acids is 2. The third kappa shape index (κ3) is 4.16. The summed E-state index contributed by atoms with van der Waals surface area (Å²) < 4.78 is 11.3. The van der Waals surface area contributed by atoms with E-state index in [4.69, 9.17) is 9.47 Å². The van der Waals surface area contributed by atoms with Gasteiger partial charge < -0.3 is 24.6 Å². The van der Waals surface area contributed by atoms with Crippen molar-refractivity contribution in [3.05, 3.63) is 64.4 Å². The summed E-state index contributed by atoms with van der Waals surface area (Å²) in [6, 6.07) is 9.93. The molecule has 1 atom stereocenters. The fraction of sp³-hybridized carbons (Fsp3) is 0.467. The number of hydrogen-bond acceptors (Lipinski definition) is 4. The number of likely N-dealkylation sites (tertiary alicyclic amines) is 1. The Morgan fingerprint density at radius 3 is 2.50 bits per heavy atom. The fourth-order valence-corrected chi connectivity index (χ4v) is 6.41. The molecule has 3 aliphatic heterocycles. The van der Waals surface area contributed by atoms with Crippen LogP contribution < -0.4 is 14.8 Å². The predicted molar refractivity (Wildman–Crippen MR) is 148 cm³/mol. The molecule has 1 unspecified atom stereocenters. The number of methoxy groups -OCH3 is 2. The van der Waals surface area contributed by atoms with Crippen molar-refractivity contribution in [2.45, 2.75) is 58.5 Å². The number of nitrogens with zero attached hydrogens (tertiary/aromatic N) is 3. The lowest BCUT2D eigenvalue weighted by Crippen LogP contribution is -2.55. The Kier molecular flexibility index (Phi) is 6.75. The number of fused-ring (bicyclic) bond motifs is 3. The summed E-state index contributed by atoms with van der Waals surface area (Å²) in [5.74, 6) is 1.54. The van der Waals surface area contributed by atoms with Crippen molar-refractivity contribution in [1.29, 1.82) is 0 Å². The van der Waals surface area contributed by atoms with Gasteiger partial charge in [-0.2, -0.15) is 0 Å². The average molecular weight is 519 g/mol. The number of hydrogen-bond donors (Lipinski definition) is 1. The summed E-state index contributed by atoms with van der Waals surface area (Å²) >= 11 is 0. The molecule has 2 saturated heterocycles. The molecule has 202 valence electrons. The Balaban J connectivity index is 1.43. The summed E-state index contributed by atoms with van der Waals surface area (Å²) in [4.78, 5) is 32.8. The highest BCUT2D eigenvalue weighted by atomic mass is 16.5. The molecule has 8 heteroatoms. The molecule has 2 fully saturated rings. The van der Waals surface area contributed by atoms with Gasteiger partial charge in [-0.25, -0.2) is 9.59 Å². The van der Waals surface area contributed by atoms with Crippen LogP contribution in [0.25, 0.3) is 0 Å². The number of aryl methyl sites for hydroxylation is 2. The lowest BCUT2D eigenvalue weighted by Gasteiger charge is -2.44. The summed E-state index contributed by atoms with van der Waals surface area (Å²) in [6.45, 7) is 10.4. The van der Waals surface area contributed by atoms with Crippen molar-refractivity contribution in [3.8, 4) is 11.5 Å². The highest BCUT2D eigenvalue weighted by Gasteiger charge is 2.55. The van der Waals surface area contributed by atoms with Crippen molar-refractivity contribution in [1.82, 2.24) is 14.7 Å². The SMILES string of the molecule is CCN1C(=O)N2Cc3cc(OC)cc(OC)c3C(C)C=C2C12CCN(C(=O)Nc1cc(C)ccc1C)CC2. The van der Waals surface area contributed by atoms with E-state index in [1.807, 2.05) is 65.8 Å². The van der Waals surface area contributed by atoms with Gasteiger partial charge in [0.2, 0.25) is 0 Å². The Hall–Kier alpha value is -3.68. The smallest absolute Gasteiger partial charge is 0.325 e. The van der Waals surface area contributed by atoms with Crippen molar-refractivity contribution in [2.75, 3.05) is 39.2 Å². The Bertz CT molecular complexity index is 1300. The number of urea groups is 2. The van der Waals surface area contributed by atoms with Crippen LogP contribution in [0.5, 0.6) is 11.5 Å². The quantitative estimate of drug-likeness (QED) is 0.568. The Labute approximate surface area is 225 Å². The molecule has 3 aliphatic rings. The van der Waals surface area contributed by atoms with Gasteiger partial charge in [0.05, 0.1) is 26.3 Å². The summed E-state index contributed by atoms with van der Waals surface area (Å²) in [6.07, 6.45) is 3.62. The molecule has 2 aromatic rings. The van der Waals surface area contributed by atoms with Gasteiger partial charge in [-0.3, -0.25) is 4.90 Å². The van der Waals surface area contributed by atoms with Crippen LogP contribution >= 0.6 is 0 Å². The molecule has 1 spiro atoms. The molecule has 38 heavy (non-hydrogen) atoms. The number of amides is 4. The van der Waals surface area contributed by atoms with E-state index in [0.29, 0.717) is 44.8 Å². The molecule has 0 aromatic heterocycles. The third-order valence-electron chi connectivity index (χ3n) is 8.42. The van der Waals surface area contributed by atoms with Crippen molar-refractivity contribution >= 4 is 17.7 Å².